The van der Waals surface area contributed by atoms with Gasteiger partial charge in [-0.05, 0) is 30.0 Å². The first kappa shape index (κ1) is 15.9. The van der Waals surface area contributed by atoms with Crippen molar-refractivity contribution in [3.8, 4) is 0 Å². The predicted octanol–water partition coefficient (Wildman–Crippen LogP) is 1.43. The average molecular weight is 338 g/mol. The molecule has 130 valence electrons. The number of hydrogen-bond donors (Lipinski definition) is 1. The molecular formula is C19H22N4O2. The van der Waals surface area contributed by atoms with Gasteiger partial charge >= 0.3 is 0 Å². The van der Waals surface area contributed by atoms with Crippen LogP contribution in [0.15, 0.2) is 36.5 Å². The third-order valence-corrected chi connectivity index (χ3v) is 5.17. The van der Waals surface area contributed by atoms with Crippen LogP contribution in [0.1, 0.15) is 34.5 Å². The van der Waals surface area contributed by atoms with Crippen LogP contribution in [-0.2, 0) is 17.8 Å². The predicted molar refractivity (Wildman–Crippen MR) is 93.2 cm³/mol. The molecule has 4 rings (SSSR count). The number of carbonyl (C=O) groups excluding carboxylic acids is 2. The maximum Gasteiger partial charge on any atom is 0.253 e. The second-order valence-corrected chi connectivity index (χ2v) is 6.93. The highest BCUT2D eigenvalue weighted by molar-refractivity contribution is 5.94. The molecule has 2 amide bonds. The lowest BCUT2D eigenvalue weighted by atomic mass is 9.99. The molecule has 0 unspecified atom stereocenters. The van der Waals surface area contributed by atoms with Gasteiger partial charge in [0.05, 0.1) is 12.2 Å². The molecule has 25 heavy (non-hydrogen) atoms. The number of aromatic nitrogens is 2. The van der Waals surface area contributed by atoms with Crippen LogP contribution in [0, 0.1) is 5.92 Å². The van der Waals surface area contributed by atoms with Crippen LogP contribution in [0.4, 0.5) is 0 Å². The van der Waals surface area contributed by atoms with E-state index in [0.29, 0.717) is 24.9 Å². The molecular weight excluding hydrogens is 316 g/mol. The van der Waals surface area contributed by atoms with E-state index in [-0.39, 0.29) is 11.8 Å². The monoisotopic (exact) mass is 338 g/mol. The summed E-state index contributed by atoms with van der Waals surface area (Å²) in [7, 11) is 0. The smallest absolute Gasteiger partial charge is 0.253 e. The van der Waals surface area contributed by atoms with Gasteiger partial charge in [-0.3, -0.25) is 14.3 Å². The van der Waals surface area contributed by atoms with E-state index >= 15 is 0 Å². The van der Waals surface area contributed by atoms with E-state index in [2.05, 4.69) is 11.5 Å². The van der Waals surface area contributed by atoms with Crippen molar-refractivity contribution in [2.24, 2.45) is 5.92 Å². The Hall–Kier alpha value is -2.63. The SMILES string of the molecule is CC(=O)NCCn1cc2c(n1)[C@H]1CN(C(=O)c3ccccc3)C[C@H]1C2. The summed E-state index contributed by atoms with van der Waals surface area (Å²) in [6.07, 6.45) is 3.08. The first-order valence-electron chi connectivity index (χ1n) is 8.77. The highest BCUT2D eigenvalue weighted by atomic mass is 16.2. The zero-order valence-corrected chi connectivity index (χ0v) is 14.3. The maximum atomic E-state index is 12.7. The van der Waals surface area contributed by atoms with Gasteiger partial charge in [-0.25, -0.2) is 0 Å². The fourth-order valence-corrected chi connectivity index (χ4v) is 4.01. The summed E-state index contributed by atoms with van der Waals surface area (Å²) in [4.78, 5) is 25.6. The number of hydrogen-bond acceptors (Lipinski definition) is 3. The first-order chi connectivity index (χ1) is 12.1. The molecule has 2 aliphatic rings. The second kappa shape index (κ2) is 6.35. The number of likely N-dealkylation sites (tertiary alicyclic amines) is 1. The van der Waals surface area contributed by atoms with E-state index in [0.717, 1.165) is 30.8 Å². The highest BCUT2D eigenvalue weighted by Gasteiger charge is 2.43. The molecule has 0 spiro atoms. The molecule has 1 aliphatic carbocycles. The Morgan fingerprint density at radius 2 is 2.04 bits per heavy atom. The molecule has 2 heterocycles. The molecule has 2 aromatic rings. The van der Waals surface area contributed by atoms with Crippen LogP contribution in [0.2, 0.25) is 0 Å². The van der Waals surface area contributed by atoms with Gasteiger partial charge in [-0.2, -0.15) is 5.10 Å². The molecule has 0 radical (unpaired) electrons. The summed E-state index contributed by atoms with van der Waals surface area (Å²) in [5.74, 6) is 0.909. The van der Waals surface area contributed by atoms with E-state index in [9.17, 15) is 9.59 Å². The summed E-state index contributed by atoms with van der Waals surface area (Å²) >= 11 is 0. The van der Waals surface area contributed by atoms with Crippen molar-refractivity contribution in [3.05, 3.63) is 53.3 Å². The van der Waals surface area contributed by atoms with E-state index < -0.39 is 0 Å². The molecule has 0 bridgehead atoms. The molecule has 6 heteroatoms. The van der Waals surface area contributed by atoms with Crippen LogP contribution >= 0.6 is 0 Å². The van der Waals surface area contributed by atoms with Crippen LogP contribution in [0.3, 0.4) is 0 Å². The Labute approximate surface area is 146 Å². The third kappa shape index (κ3) is 3.04. The Kier molecular flexibility index (Phi) is 4.03. The minimum atomic E-state index is -0.0226. The van der Waals surface area contributed by atoms with Crippen molar-refractivity contribution >= 4 is 11.8 Å². The number of nitrogens with one attached hydrogen (secondary N) is 1. The minimum Gasteiger partial charge on any atom is -0.354 e. The van der Waals surface area contributed by atoms with Crippen LogP contribution in [-0.4, -0.2) is 46.1 Å². The Balaban J connectivity index is 1.43. The van der Waals surface area contributed by atoms with Crippen LogP contribution in [0.5, 0.6) is 0 Å². The zero-order chi connectivity index (χ0) is 17.4. The van der Waals surface area contributed by atoms with E-state index in [1.165, 1.54) is 12.5 Å². The lowest BCUT2D eigenvalue weighted by Crippen LogP contribution is -2.29. The van der Waals surface area contributed by atoms with Gasteiger partial charge in [0.15, 0.2) is 0 Å². The number of amides is 2. The van der Waals surface area contributed by atoms with Gasteiger partial charge in [0.1, 0.15) is 0 Å². The van der Waals surface area contributed by atoms with E-state index in [1.807, 2.05) is 39.9 Å². The quantitative estimate of drug-likeness (QED) is 0.917. The van der Waals surface area contributed by atoms with Crippen LogP contribution in [0.25, 0.3) is 0 Å². The summed E-state index contributed by atoms with van der Waals surface area (Å²) < 4.78 is 1.92. The normalized spacial score (nSPS) is 21.1. The first-order valence-corrected chi connectivity index (χ1v) is 8.77. The van der Waals surface area contributed by atoms with Gasteiger partial charge in [0.25, 0.3) is 5.91 Å². The molecule has 1 N–H and O–H groups in total. The summed E-state index contributed by atoms with van der Waals surface area (Å²) in [6.45, 7) is 4.33. The molecule has 0 saturated carbocycles. The molecule has 1 saturated heterocycles. The fourth-order valence-electron chi connectivity index (χ4n) is 4.01. The lowest BCUT2D eigenvalue weighted by molar-refractivity contribution is -0.118. The van der Waals surface area contributed by atoms with Crippen molar-refractivity contribution in [1.29, 1.82) is 0 Å². The molecule has 1 fully saturated rings. The van der Waals surface area contributed by atoms with Gasteiger partial charge in [-0.15, -0.1) is 0 Å². The molecule has 6 nitrogen and oxygen atoms in total. The number of benzene rings is 1. The van der Waals surface area contributed by atoms with E-state index in [1.54, 1.807) is 0 Å². The topological polar surface area (TPSA) is 67.2 Å². The summed E-state index contributed by atoms with van der Waals surface area (Å²) in [5.41, 5.74) is 3.18. The van der Waals surface area contributed by atoms with Gasteiger partial charge < -0.3 is 10.2 Å². The Morgan fingerprint density at radius 3 is 2.80 bits per heavy atom. The van der Waals surface area contributed by atoms with Crippen molar-refractivity contribution in [3.63, 3.8) is 0 Å². The van der Waals surface area contributed by atoms with Crippen LogP contribution < -0.4 is 5.32 Å². The number of rotatable bonds is 4. The summed E-state index contributed by atoms with van der Waals surface area (Å²) in [6, 6.07) is 9.48. The number of nitrogens with zero attached hydrogens (tertiary/aromatic N) is 3. The van der Waals surface area contributed by atoms with Gasteiger partial charge in [0.2, 0.25) is 5.91 Å². The number of fused-ring (bicyclic) bond motifs is 3. The van der Waals surface area contributed by atoms with Crippen molar-refractivity contribution < 1.29 is 9.59 Å². The lowest BCUT2D eigenvalue weighted by Gasteiger charge is -2.17. The minimum absolute atomic E-state index is 0.0226. The fraction of sp³-hybridized carbons (Fsp3) is 0.421. The highest BCUT2D eigenvalue weighted by Crippen LogP contribution is 2.42. The molecule has 2 atom stereocenters. The second-order valence-electron chi connectivity index (χ2n) is 6.93. The van der Waals surface area contributed by atoms with Gasteiger partial charge in [-0.1, -0.05) is 18.2 Å². The largest absolute Gasteiger partial charge is 0.354 e. The molecule has 1 aromatic carbocycles. The molecule has 1 aromatic heterocycles. The summed E-state index contributed by atoms with van der Waals surface area (Å²) in [5, 5.41) is 7.52. The molecule has 1 aliphatic heterocycles. The Bertz CT molecular complexity index is 799. The Morgan fingerprint density at radius 1 is 1.24 bits per heavy atom. The standard InChI is InChI=1S/C19H22N4O2/c1-13(24)20-7-8-23-11-16-9-15-10-22(12-17(15)18(16)21-23)19(25)14-5-3-2-4-6-14/h2-6,11,15,17H,7-10,12H2,1H3,(H,20,24)/t15-,17+/m1/s1. The zero-order valence-electron chi connectivity index (χ0n) is 14.3. The maximum absolute atomic E-state index is 12.7. The van der Waals surface area contributed by atoms with Crippen molar-refractivity contribution in [2.75, 3.05) is 19.6 Å². The van der Waals surface area contributed by atoms with Crippen molar-refractivity contribution in [2.45, 2.75) is 25.8 Å². The average Bonchev–Trinajstić information content (AvgIpc) is 3.25. The third-order valence-electron chi connectivity index (χ3n) is 5.17. The van der Waals surface area contributed by atoms with E-state index in [4.69, 9.17) is 5.10 Å². The van der Waals surface area contributed by atoms with Gasteiger partial charge in [0, 0.05) is 44.2 Å². The number of carbonyl (C=O) groups is 2. The van der Waals surface area contributed by atoms with Crippen molar-refractivity contribution in [1.82, 2.24) is 20.0 Å².